The highest BCUT2D eigenvalue weighted by atomic mass is 16.1. The normalized spacial score (nSPS) is 19.8. The molecule has 1 fully saturated rings. The van der Waals surface area contributed by atoms with Crippen LogP contribution < -0.4 is 5.73 Å². The van der Waals surface area contributed by atoms with E-state index in [1.54, 1.807) is 18.3 Å². The van der Waals surface area contributed by atoms with Gasteiger partial charge >= 0.3 is 0 Å². The van der Waals surface area contributed by atoms with Gasteiger partial charge in [0.05, 0.1) is 11.9 Å². The lowest BCUT2D eigenvalue weighted by molar-refractivity contribution is 0.112. The van der Waals surface area contributed by atoms with Crippen molar-refractivity contribution in [3.63, 3.8) is 0 Å². The first-order chi connectivity index (χ1) is 12.4. The van der Waals surface area contributed by atoms with Crippen LogP contribution in [0.2, 0.25) is 0 Å². The summed E-state index contributed by atoms with van der Waals surface area (Å²) in [7, 11) is 0. The maximum Gasteiger partial charge on any atom is 0.150 e. The predicted octanol–water partition coefficient (Wildman–Crippen LogP) is 5.43. The zero-order chi connectivity index (χ0) is 19.0. The molecular formula is C23H30N2O. The Hall–Kier alpha value is -2.42. The highest BCUT2D eigenvalue weighted by Gasteiger charge is 2.25. The fourth-order valence-electron chi connectivity index (χ4n) is 3.10. The Balaban J connectivity index is 0.000000144. The fourth-order valence-corrected chi connectivity index (χ4v) is 3.10. The number of aromatic nitrogens is 1. The Bertz CT molecular complexity index is 687. The first-order valence-corrected chi connectivity index (χ1v) is 9.29. The highest BCUT2D eigenvalue weighted by molar-refractivity contribution is 5.74. The summed E-state index contributed by atoms with van der Waals surface area (Å²) in [6, 6.07) is 12.9. The SMILES string of the molecule is C1=CC2CCC1C2.CC(C)(C)c1ccc(N)cn1.O=Cc1ccccc1. The topological polar surface area (TPSA) is 56.0 Å². The number of nitrogens with two attached hydrogens (primary N) is 1. The number of carbonyl (C=O) groups excluding carboxylic acids is 1. The van der Waals surface area contributed by atoms with E-state index in [0.29, 0.717) is 0 Å². The van der Waals surface area contributed by atoms with Gasteiger partial charge in [-0.15, -0.1) is 0 Å². The van der Waals surface area contributed by atoms with E-state index in [1.807, 2.05) is 30.3 Å². The number of nitrogen functional groups attached to an aromatic ring is 1. The van der Waals surface area contributed by atoms with Crippen LogP contribution in [0.5, 0.6) is 0 Å². The lowest BCUT2D eigenvalue weighted by atomic mass is 9.92. The van der Waals surface area contributed by atoms with E-state index in [9.17, 15) is 4.79 Å². The molecule has 2 atom stereocenters. The molecule has 0 saturated heterocycles. The molecule has 26 heavy (non-hydrogen) atoms. The quantitative estimate of drug-likeness (QED) is 0.551. The van der Waals surface area contributed by atoms with Crippen LogP contribution in [-0.4, -0.2) is 11.3 Å². The summed E-state index contributed by atoms with van der Waals surface area (Å²) < 4.78 is 0. The smallest absolute Gasteiger partial charge is 0.150 e. The van der Waals surface area contributed by atoms with Gasteiger partial charge in [-0.25, -0.2) is 0 Å². The summed E-state index contributed by atoms with van der Waals surface area (Å²) >= 11 is 0. The van der Waals surface area contributed by atoms with Gasteiger partial charge in [0.1, 0.15) is 6.29 Å². The first kappa shape index (κ1) is 19.9. The minimum atomic E-state index is 0.119. The number of hydrogen-bond donors (Lipinski definition) is 1. The number of pyridine rings is 1. The molecule has 0 amide bonds. The van der Waals surface area contributed by atoms with Crippen LogP contribution in [0, 0.1) is 11.8 Å². The van der Waals surface area contributed by atoms with E-state index in [-0.39, 0.29) is 5.41 Å². The summed E-state index contributed by atoms with van der Waals surface area (Å²) in [6.45, 7) is 6.39. The minimum Gasteiger partial charge on any atom is -0.397 e. The molecule has 0 aliphatic heterocycles. The molecule has 4 rings (SSSR count). The van der Waals surface area contributed by atoms with Crippen molar-refractivity contribution in [1.29, 1.82) is 0 Å². The number of benzene rings is 1. The molecule has 1 heterocycles. The van der Waals surface area contributed by atoms with Crippen LogP contribution in [0.25, 0.3) is 0 Å². The van der Waals surface area contributed by atoms with Gasteiger partial charge in [-0.3, -0.25) is 9.78 Å². The van der Waals surface area contributed by atoms with Crippen molar-refractivity contribution in [3.05, 3.63) is 72.1 Å². The van der Waals surface area contributed by atoms with E-state index < -0.39 is 0 Å². The molecule has 2 bridgehead atoms. The van der Waals surface area contributed by atoms with Gasteiger partial charge in [-0.2, -0.15) is 0 Å². The minimum absolute atomic E-state index is 0.119. The molecule has 138 valence electrons. The first-order valence-electron chi connectivity index (χ1n) is 9.29. The van der Waals surface area contributed by atoms with E-state index in [2.05, 4.69) is 37.9 Å². The number of aldehydes is 1. The standard InChI is InChI=1S/C9H14N2.C7H6O.C7H10/c1-9(2,3)8-5-4-7(10)6-11-8;8-6-7-4-2-1-3-5-7;1-2-7-4-3-6(1)5-7/h4-6H,10H2,1-3H3;1-6H;1-2,6-7H,3-5H2. The zero-order valence-electron chi connectivity index (χ0n) is 16.1. The van der Waals surface area contributed by atoms with Crippen molar-refractivity contribution in [1.82, 2.24) is 4.98 Å². The molecule has 2 aromatic rings. The van der Waals surface area contributed by atoms with Crippen molar-refractivity contribution in [2.75, 3.05) is 5.73 Å². The summed E-state index contributed by atoms with van der Waals surface area (Å²) in [5, 5.41) is 0. The van der Waals surface area contributed by atoms with Crippen LogP contribution in [0.15, 0.2) is 60.8 Å². The number of rotatable bonds is 1. The molecule has 3 nitrogen and oxygen atoms in total. The van der Waals surface area contributed by atoms with E-state index in [1.165, 1.54) is 19.3 Å². The number of hydrogen-bond acceptors (Lipinski definition) is 3. The van der Waals surface area contributed by atoms with Crippen LogP contribution >= 0.6 is 0 Å². The van der Waals surface area contributed by atoms with Gasteiger partial charge in [-0.05, 0) is 43.2 Å². The van der Waals surface area contributed by atoms with Gasteiger partial charge < -0.3 is 5.73 Å². The van der Waals surface area contributed by atoms with Crippen molar-refractivity contribution in [3.8, 4) is 0 Å². The third-order valence-corrected chi connectivity index (χ3v) is 4.66. The fraction of sp³-hybridized carbons (Fsp3) is 0.391. The summed E-state index contributed by atoms with van der Waals surface area (Å²) in [5.41, 5.74) is 8.15. The zero-order valence-corrected chi connectivity index (χ0v) is 16.1. The van der Waals surface area contributed by atoms with Gasteiger partial charge in [0, 0.05) is 16.7 Å². The average molecular weight is 351 g/mol. The summed E-state index contributed by atoms with van der Waals surface area (Å²) in [6.07, 6.45) is 11.7. The summed E-state index contributed by atoms with van der Waals surface area (Å²) in [5.74, 6) is 1.98. The van der Waals surface area contributed by atoms with Crippen LogP contribution in [0.4, 0.5) is 5.69 Å². The molecular weight excluding hydrogens is 320 g/mol. The Labute approximate surface area is 157 Å². The molecule has 2 aliphatic rings. The second-order valence-electron chi connectivity index (χ2n) is 7.97. The van der Waals surface area contributed by atoms with Crippen molar-refractivity contribution < 1.29 is 4.79 Å². The Morgan fingerprint density at radius 2 is 1.62 bits per heavy atom. The lowest BCUT2D eigenvalue weighted by Crippen LogP contribution is -2.13. The van der Waals surface area contributed by atoms with Crippen LogP contribution in [-0.2, 0) is 5.41 Å². The Morgan fingerprint density at radius 3 is 1.92 bits per heavy atom. The maximum absolute atomic E-state index is 10.0. The largest absolute Gasteiger partial charge is 0.397 e. The number of nitrogens with zero attached hydrogens (tertiary/aromatic N) is 1. The number of carbonyl (C=O) groups is 1. The molecule has 2 unspecified atom stereocenters. The van der Waals surface area contributed by atoms with Crippen molar-refractivity contribution in [2.45, 2.75) is 45.4 Å². The molecule has 0 radical (unpaired) electrons. The molecule has 3 heteroatoms. The second-order valence-corrected chi connectivity index (χ2v) is 7.97. The third-order valence-electron chi connectivity index (χ3n) is 4.66. The molecule has 2 N–H and O–H groups in total. The van der Waals surface area contributed by atoms with Gasteiger partial charge in [0.25, 0.3) is 0 Å². The van der Waals surface area contributed by atoms with Crippen molar-refractivity contribution in [2.24, 2.45) is 11.8 Å². The van der Waals surface area contributed by atoms with Gasteiger partial charge in [0.15, 0.2) is 0 Å². The third kappa shape index (κ3) is 6.47. The number of anilines is 1. The van der Waals surface area contributed by atoms with Gasteiger partial charge in [-0.1, -0.05) is 63.3 Å². The molecule has 1 saturated carbocycles. The maximum atomic E-state index is 10.0. The van der Waals surface area contributed by atoms with Crippen LogP contribution in [0.1, 0.15) is 56.1 Å². The monoisotopic (exact) mass is 350 g/mol. The van der Waals surface area contributed by atoms with Gasteiger partial charge in [0.2, 0.25) is 0 Å². The Morgan fingerprint density at radius 1 is 1.00 bits per heavy atom. The second kappa shape index (κ2) is 9.33. The van der Waals surface area contributed by atoms with E-state index in [4.69, 9.17) is 5.73 Å². The van der Waals surface area contributed by atoms with Crippen molar-refractivity contribution >= 4 is 12.0 Å². The van der Waals surface area contributed by atoms with E-state index in [0.717, 1.165) is 35.1 Å². The van der Waals surface area contributed by atoms with Crippen LogP contribution in [0.3, 0.4) is 0 Å². The highest BCUT2D eigenvalue weighted by Crippen LogP contribution is 2.38. The van der Waals surface area contributed by atoms with E-state index >= 15 is 0 Å². The average Bonchev–Trinajstić information content (AvgIpc) is 3.29. The molecule has 1 aromatic heterocycles. The Kier molecular flexibility index (Phi) is 7.14. The number of allylic oxidation sites excluding steroid dienone is 2. The lowest BCUT2D eigenvalue weighted by Gasteiger charge is -2.16. The molecule has 2 aliphatic carbocycles. The predicted molar refractivity (Wildman–Crippen MR) is 109 cm³/mol. The molecule has 0 spiro atoms. The molecule has 1 aromatic carbocycles. The summed E-state index contributed by atoms with van der Waals surface area (Å²) in [4.78, 5) is 14.2. The number of fused-ring (bicyclic) bond motifs is 2.